The standard InChI is InChI=1S/C29H44N4O5/c1-11-19-15-13-14-16-20(19)23(24(35)32-27(3,4)5)33(29(9,10)12-2)25(36)21(17-18-22(30)34)31-26(37)38-28(6,7)8/h1,13-16,21,23H,12,17-18H2,2-10H3,(H2,30,34)(H,31,37)(H,32,35). The Bertz CT molecular complexity index is 1060. The molecular formula is C29H44N4O5. The van der Waals surface area contributed by atoms with E-state index in [1.165, 1.54) is 4.90 Å². The number of carbonyl (C=O) groups is 4. The van der Waals surface area contributed by atoms with Crippen molar-refractivity contribution in [3.05, 3.63) is 35.4 Å². The highest BCUT2D eigenvalue weighted by molar-refractivity contribution is 5.93. The van der Waals surface area contributed by atoms with E-state index in [0.29, 0.717) is 17.5 Å². The fourth-order valence-electron chi connectivity index (χ4n) is 3.81. The van der Waals surface area contributed by atoms with Crippen LogP contribution in [0.3, 0.4) is 0 Å². The third-order valence-electron chi connectivity index (χ3n) is 5.84. The molecule has 0 heterocycles. The van der Waals surface area contributed by atoms with Crippen LogP contribution in [0.2, 0.25) is 0 Å². The summed E-state index contributed by atoms with van der Waals surface area (Å²) < 4.78 is 5.37. The van der Waals surface area contributed by atoms with Gasteiger partial charge in [0.15, 0.2) is 0 Å². The first-order valence-corrected chi connectivity index (χ1v) is 12.8. The summed E-state index contributed by atoms with van der Waals surface area (Å²) in [5, 5.41) is 5.57. The fourth-order valence-corrected chi connectivity index (χ4v) is 3.81. The van der Waals surface area contributed by atoms with Crippen LogP contribution in [0.25, 0.3) is 0 Å². The zero-order valence-corrected chi connectivity index (χ0v) is 24.2. The van der Waals surface area contributed by atoms with E-state index < -0.39 is 52.6 Å². The van der Waals surface area contributed by atoms with Crippen LogP contribution in [0.4, 0.5) is 4.79 Å². The average Bonchev–Trinajstić information content (AvgIpc) is 2.76. The summed E-state index contributed by atoms with van der Waals surface area (Å²) in [6.45, 7) is 16.2. The summed E-state index contributed by atoms with van der Waals surface area (Å²) in [5.41, 5.74) is 4.02. The van der Waals surface area contributed by atoms with Gasteiger partial charge in [0.05, 0.1) is 0 Å². The highest BCUT2D eigenvalue weighted by Crippen LogP contribution is 2.34. The number of nitrogens with zero attached hydrogens (tertiary/aromatic N) is 1. The lowest BCUT2D eigenvalue weighted by atomic mass is 9.89. The maximum absolute atomic E-state index is 14.3. The summed E-state index contributed by atoms with van der Waals surface area (Å²) >= 11 is 0. The van der Waals surface area contributed by atoms with Gasteiger partial charge in [-0.1, -0.05) is 31.0 Å². The van der Waals surface area contributed by atoms with Crippen LogP contribution in [-0.2, 0) is 19.1 Å². The number of rotatable bonds is 10. The van der Waals surface area contributed by atoms with E-state index >= 15 is 0 Å². The van der Waals surface area contributed by atoms with Gasteiger partial charge in [-0.3, -0.25) is 14.4 Å². The lowest BCUT2D eigenvalue weighted by Crippen LogP contribution is -2.60. The predicted octanol–water partition coefficient (Wildman–Crippen LogP) is 3.80. The molecule has 0 aromatic heterocycles. The van der Waals surface area contributed by atoms with E-state index in [2.05, 4.69) is 16.6 Å². The van der Waals surface area contributed by atoms with Crippen molar-refractivity contribution in [2.24, 2.45) is 5.73 Å². The molecule has 0 fully saturated rings. The Morgan fingerprint density at radius 2 is 1.63 bits per heavy atom. The van der Waals surface area contributed by atoms with Crippen molar-refractivity contribution in [1.29, 1.82) is 0 Å². The molecule has 9 heteroatoms. The Hall–Kier alpha value is -3.54. The number of hydrogen-bond donors (Lipinski definition) is 3. The highest BCUT2D eigenvalue weighted by Gasteiger charge is 2.44. The second-order valence-corrected chi connectivity index (χ2v) is 12.0. The van der Waals surface area contributed by atoms with Crippen molar-refractivity contribution in [2.75, 3.05) is 0 Å². The van der Waals surface area contributed by atoms with E-state index in [0.717, 1.165) is 0 Å². The maximum Gasteiger partial charge on any atom is 0.408 e. The van der Waals surface area contributed by atoms with Crippen molar-refractivity contribution in [3.8, 4) is 12.3 Å². The molecule has 0 aliphatic rings. The molecule has 2 atom stereocenters. The zero-order chi connectivity index (χ0) is 29.5. The number of amides is 4. The Balaban J connectivity index is 3.78. The molecule has 38 heavy (non-hydrogen) atoms. The monoisotopic (exact) mass is 528 g/mol. The number of hydrogen-bond acceptors (Lipinski definition) is 5. The molecule has 0 saturated carbocycles. The zero-order valence-electron chi connectivity index (χ0n) is 24.2. The van der Waals surface area contributed by atoms with Gasteiger partial charge in [-0.2, -0.15) is 0 Å². The van der Waals surface area contributed by atoms with Gasteiger partial charge >= 0.3 is 6.09 Å². The van der Waals surface area contributed by atoms with E-state index in [9.17, 15) is 19.2 Å². The Morgan fingerprint density at radius 3 is 2.11 bits per heavy atom. The third kappa shape index (κ3) is 9.73. The number of carbonyl (C=O) groups excluding carboxylic acids is 4. The lowest BCUT2D eigenvalue weighted by molar-refractivity contribution is -0.150. The first kappa shape index (κ1) is 32.5. The number of benzene rings is 1. The van der Waals surface area contributed by atoms with Gasteiger partial charge in [-0.25, -0.2) is 4.79 Å². The number of terminal acetylenes is 1. The van der Waals surface area contributed by atoms with Crippen molar-refractivity contribution >= 4 is 23.8 Å². The van der Waals surface area contributed by atoms with Gasteiger partial charge in [0, 0.05) is 23.1 Å². The first-order chi connectivity index (χ1) is 17.3. The largest absolute Gasteiger partial charge is 0.444 e. The quantitative estimate of drug-likeness (QED) is 0.398. The molecule has 0 aliphatic heterocycles. The molecular weight excluding hydrogens is 484 g/mol. The molecule has 0 radical (unpaired) electrons. The second-order valence-electron chi connectivity index (χ2n) is 12.0. The van der Waals surface area contributed by atoms with Crippen LogP contribution in [0, 0.1) is 12.3 Å². The summed E-state index contributed by atoms with van der Waals surface area (Å²) in [4.78, 5) is 54.0. The molecule has 210 valence electrons. The summed E-state index contributed by atoms with van der Waals surface area (Å²) in [5.74, 6) is 0.991. The lowest BCUT2D eigenvalue weighted by Gasteiger charge is -2.45. The average molecular weight is 529 g/mol. The van der Waals surface area contributed by atoms with Crippen LogP contribution in [0.5, 0.6) is 0 Å². The van der Waals surface area contributed by atoms with E-state index in [1.807, 2.05) is 41.5 Å². The molecule has 0 bridgehead atoms. The number of primary amides is 1. The Morgan fingerprint density at radius 1 is 1.05 bits per heavy atom. The van der Waals surface area contributed by atoms with Crippen LogP contribution >= 0.6 is 0 Å². The second kappa shape index (κ2) is 12.8. The van der Waals surface area contributed by atoms with Gasteiger partial charge in [0.2, 0.25) is 17.7 Å². The van der Waals surface area contributed by atoms with Crippen LogP contribution in [-0.4, -0.2) is 51.4 Å². The van der Waals surface area contributed by atoms with E-state index in [1.54, 1.807) is 45.0 Å². The minimum Gasteiger partial charge on any atom is -0.444 e. The summed E-state index contributed by atoms with van der Waals surface area (Å²) in [6, 6.07) is 4.62. The fraction of sp³-hybridized carbons (Fsp3) is 0.586. The molecule has 1 aromatic rings. The highest BCUT2D eigenvalue weighted by atomic mass is 16.6. The normalized spacial score (nSPS) is 13.5. The first-order valence-electron chi connectivity index (χ1n) is 12.8. The molecule has 1 aromatic carbocycles. The molecule has 0 aliphatic carbocycles. The molecule has 0 spiro atoms. The smallest absolute Gasteiger partial charge is 0.408 e. The summed E-state index contributed by atoms with van der Waals surface area (Å²) in [7, 11) is 0. The van der Waals surface area contributed by atoms with Crippen molar-refractivity contribution in [3.63, 3.8) is 0 Å². The third-order valence-corrected chi connectivity index (χ3v) is 5.84. The van der Waals surface area contributed by atoms with Gasteiger partial charge in [-0.05, 0) is 79.9 Å². The molecule has 0 saturated heterocycles. The minimum absolute atomic E-state index is 0.0753. The minimum atomic E-state index is -1.19. The maximum atomic E-state index is 14.3. The van der Waals surface area contributed by atoms with E-state index in [-0.39, 0.29) is 12.8 Å². The Kier molecular flexibility index (Phi) is 11.0. The van der Waals surface area contributed by atoms with Gasteiger partial charge in [0.25, 0.3) is 0 Å². The molecule has 2 unspecified atom stereocenters. The molecule has 1 rings (SSSR count). The number of ether oxygens (including phenoxy) is 1. The van der Waals surface area contributed by atoms with Gasteiger partial charge in [0.1, 0.15) is 17.7 Å². The van der Waals surface area contributed by atoms with Crippen LogP contribution < -0.4 is 16.4 Å². The topological polar surface area (TPSA) is 131 Å². The van der Waals surface area contributed by atoms with Crippen molar-refractivity contribution < 1.29 is 23.9 Å². The number of nitrogens with two attached hydrogens (primary N) is 1. The van der Waals surface area contributed by atoms with Crippen LogP contribution in [0.1, 0.15) is 98.7 Å². The van der Waals surface area contributed by atoms with Crippen molar-refractivity contribution in [1.82, 2.24) is 15.5 Å². The molecule has 9 nitrogen and oxygen atoms in total. The van der Waals surface area contributed by atoms with Crippen molar-refractivity contribution in [2.45, 2.75) is 110 Å². The number of alkyl carbamates (subject to hydrolysis) is 1. The number of nitrogens with one attached hydrogen (secondary N) is 2. The van der Waals surface area contributed by atoms with Crippen LogP contribution in [0.15, 0.2) is 24.3 Å². The van der Waals surface area contributed by atoms with E-state index in [4.69, 9.17) is 16.9 Å². The Labute approximate surface area is 227 Å². The SMILES string of the molecule is C#Cc1ccccc1C(C(=O)NC(C)(C)C)N(C(=O)C(CCC(N)=O)NC(=O)OC(C)(C)C)C(C)(C)CC. The molecule has 4 N–H and O–H groups in total. The summed E-state index contributed by atoms with van der Waals surface area (Å²) in [6.07, 6.45) is 5.21. The molecule has 4 amide bonds. The predicted molar refractivity (Wildman–Crippen MR) is 148 cm³/mol. The van der Waals surface area contributed by atoms with Gasteiger partial charge < -0.3 is 26.0 Å². The van der Waals surface area contributed by atoms with Gasteiger partial charge in [-0.15, -0.1) is 6.42 Å².